The van der Waals surface area contributed by atoms with Crippen molar-refractivity contribution in [2.75, 3.05) is 45.7 Å². The van der Waals surface area contributed by atoms with E-state index in [-0.39, 0.29) is 36.1 Å². The highest BCUT2D eigenvalue weighted by Gasteiger charge is 2.34. The fraction of sp³-hybridized carbons (Fsp3) is 0.462. The molecule has 3 atom stereocenters. The number of hydrogen-bond acceptors (Lipinski definition) is 6. The van der Waals surface area contributed by atoms with E-state index < -0.39 is 5.97 Å². The molecule has 0 saturated carbocycles. The summed E-state index contributed by atoms with van der Waals surface area (Å²) in [7, 11) is 5.83. The minimum atomic E-state index is -0.941. The number of carboxylic acid groups (broad SMARTS) is 1. The van der Waals surface area contributed by atoms with Gasteiger partial charge in [0, 0.05) is 39.6 Å². The molecule has 8 heteroatoms. The molecule has 184 valence electrons. The molecule has 0 aromatic heterocycles. The fourth-order valence-corrected chi connectivity index (χ4v) is 4.23. The third-order valence-electron chi connectivity index (χ3n) is 6.30. The molecule has 2 N–H and O–H groups in total. The Morgan fingerprint density at radius 1 is 1.18 bits per heavy atom. The Hall–Kier alpha value is -3.10. The number of anilines is 1. The second-order valence-corrected chi connectivity index (χ2v) is 9.37. The van der Waals surface area contributed by atoms with Gasteiger partial charge in [0.2, 0.25) is 0 Å². The zero-order chi connectivity index (χ0) is 25.0. The lowest BCUT2D eigenvalue weighted by atomic mass is 9.98. The lowest BCUT2D eigenvalue weighted by Gasteiger charge is -2.39. The maximum atomic E-state index is 13.4. The van der Waals surface area contributed by atoms with Crippen LogP contribution in [-0.4, -0.2) is 84.9 Å². The van der Waals surface area contributed by atoms with Crippen molar-refractivity contribution in [3.05, 3.63) is 59.2 Å². The van der Waals surface area contributed by atoms with Crippen LogP contribution >= 0.6 is 0 Å². The number of carbonyl (C=O) groups excluding carboxylic acids is 1. The summed E-state index contributed by atoms with van der Waals surface area (Å²) in [5.74, 6) is -0.512. The highest BCUT2D eigenvalue weighted by molar-refractivity contribution is 5.99. The van der Waals surface area contributed by atoms with Crippen LogP contribution in [0.2, 0.25) is 0 Å². The summed E-state index contributed by atoms with van der Waals surface area (Å²) in [4.78, 5) is 30.3. The number of aliphatic hydroxyl groups excluding tert-OH is 1. The van der Waals surface area contributed by atoms with E-state index in [0.717, 1.165) is 11.3 Å². The standard InChI is InChI=1S/C26H35N3O5/c1-17-13-29(18(2)16-30)25(31)21-7-6-8-22(27(3)4)24(21)34-23(17)15-28(5)14-19-9-11-20(12-10-19)26(32)33/h6-12,17-18,23,30H,13-16H2,1-5H3,(H,32,33)/t17-,18+,23+/m1/s1. The number of likely N-dealkylation sites (N-methyl/N-ethyl adjacent to an activating group) is 1. The van der Waals surface area contributed by atoms with Crippen LogP contribution in [0.3, 0.4) is 0 Å². The minimum absolute atomic E-state index is 0.0122. The maximum Gasteiger partial charge on any atom is 0.335 e. The van der Waals surface area contributed by atoms with Gasteiger partial charge in [0.05, 0.1) is 29.5 Å². The molecular weight excluding hydrogens is 434 g/mol. The lowest BCUT2D eigenvalue weighted by Crippen LogP contribution is -2.49. The molecule has 0 spiro atoms. The quantitative estimate of drug-likeness (QED) is 0.614. The van der Waals surface area contributed by atoms with E-state index in [4.69, 9.17) is 9.84 Å². The highest BCUT2D eigenvalue weighted by atomic mass is 16.5. The maximum absolute atomic E-state index is 13.4. The smallest absolute Gasteiger partial charge is 0.335 e. The van der Waals surface area contributed by atoms with Crippen LogP contribution in [-0.2, 0) is 6.54 Å². The lowest BCUT2D eigenvalue weighted by molar-refractivity contribution is 0.0343. The van der Waals surface area contributed by atoms with Gasteiger partial charge in [-0.25, -0.2) is 4.79 Å². The van der Waals surface area contributed by atoms with Crippen molar-refractivity contribution in [1.29, 1.82) is 0 Å². The number of fused-ring (bicyclic) bond motifs is 1. The van der Waals surface area contributed by atoms with Crippen LogP contribution in [0.15, 0.2) is 42.5 Å². The van der Waals surface area contributed by atoms with E-state index >= 15 is 0 Å². The van der Waals surface area contributed by atoms with Crippen molar-refractivity contribution in [3.63, 3.8) is 0 Å². The average Bonchev–Trinajstić information content (AvgIpc) is 2.80. The summed E-state index contributed by atoms with van der Waals surface area (Å²) in [5, 5.41) is 18.9. The van der Waals surface area contributed by atoms with E-state index in [2.05, 4.69) is 11.8 Å². The number of rotatable bonds is 8. The molecule has 8 nitrogen and oxygen atoms in total. The predicted molar refractivity (Wildman–Crippen MR) is 132 cm³/mol. The Balaban J connectivity index is 1.89. The molecule has 3 rings (SSSR count). The van der Waals surface area contributed by atoms with Crippen molar-refractivity contribution < 1.29 is 24.5 Å². The van der Waals surface area contributed by atoms with Gasteiger partial charge in [0.25, 0.3) is 5.91 Å². The molecule has 0 bridgehead atoms. The Kier molecular flexibility index (Phi) is 8.17. The molecule has 0 saturated heterocycles. The first-order chi connectivity index (χ1) is 16.1. The second kappa shape index (κ2) is 10.9. The van der Waals surface area contributed by atoms with Crippen molar-refractivity contribution in [2.45, 2.75) is 32.5 Å². The monoisotopic (exact) mass is 469 g/mol. The summed E-state index contributed by atoms with van der Waals surface area (Å²) in [5.41, 5.74) is 2.59. The van der Waals surface area contributed by atoms with Crippen molar-refractivity contribution >= 4 is 17.6 Å². The van der Waals surface area contributed by atoms with Crippen LogP contribution in [0.25, 0.3) is 0 Å². The molecule has 0 unspecified atom stereocenters. The number of carboxylic acids is 1. The first kappa shape index (κ1) is 25.5. The predicted octanol–water partition coefficient (Wildman–Crippen LogP) is 2.80. The van der Waals surface area contributed by atoms with Crippen molar-refractivity contribution in [3.8, 4) is 5.75 Å². The molecule has 1 aliphatic heterocycles. The summed E-state index contributed by atoms with van der Waals surface area (Å²) < 4.78 is 6.56. The van der Waals surface area contributed by atoms with Crippen LogP contribution in [0.5, 0.6) is 5.75 Å². The Morgan fingerprint density at radius 3 is 2.44 bits per heavy atom. The molecule has 2 aromatic carbocycles. The minimum Gasteiger partial charge on any atom is -0.486 e. The van der Waals surface area contributed by atoms with Gasteiger partial charge >= 0.3 is 5.97 Å². The Bertz CT molecular complexity index is 1010. The van der Waals surface area contributed by atoms with Gasteiger partial charge in [0.1, 0.15) is 6.10 Å². The SMILES string of the molecule is C[C@@H]1CN([C@@H](C)CO)C(=O)c2cccc(N(C)C)c2O[C@H]1CN(C)Cc1ccc(C(=O)O)cc1. The van der Waals surface area contributed by atoms with E-state index in [1.807, 2.05) is 57.2 Å². The van der Waals surface area contributed by atoms with Gasteiger partial charge in [-0.1, -0.05) is 25.1 Å². The number of benzene rings is 2. The first-order valence-corrected chi connectivity index (χ1v) is 11.5. The van der Waals surface area contributed by atoms with Gasteiger partial charge in [-0.2, -0.15) is 0 Å². The van der Waals surface area contributed by atoms with Gasteiger partial charge < -0.3 is 24.7 Å². The van der Waals surface area contributed by atoms with E-state index in [9.17, 15) is 14.7 Å². The molecule has 0 fully saturated rings. The van der Waals surface area contributed by atoms with Crippen LogP contribution < -0.4 is 9.64 Å². The number of ether oxygens (including phenoxy) is 1. The number of carbonyl (C=O) groups is 2. The Morgan fingerprint density at radius 2 is 1.85 bits per heavy atom. The molecule has 1 amide bonds. The third-order valence-corrected chi connectivity index (χ3v) is 6.30. The topological polar surface area (TPSA) is 93.6 Å². The van der Waals surface area contributed by atoms with Crippen molar-refractivity contribution in [2.24, 2.45) is 5.92 Å². The first-order valence-electron chi connectivity index (χ1n) is 11.5. The van der Waals surface area contributed by atoms with Gasteiger partial charge in [-0.3, -0.25) is 9.69 Å². The van der Waals surface area contributed by atoms with Crippen LogP contribution in [0.4, 0.5) is 5.69 Å². The van der Waals surface area contributed by atoms with E-state index in [1.54, 1.807) is 23.1 Å². The van der Waals surface area contributed by atoms with Gasteiger partial charge in [0.15, 0.2) is 5.75 Å². The molecule has 1 heterocycles. The zero-order valence-electron chi connectivity index (χ0n) is 20.6. The molecule has 0 aliphatic carbocycles. The zero-order valence-corrected chi connectivity index (χ0v) is 20.6. The molecular formula is C26H35N3O5. The fourth-order valence-electron chi connectivity index (χ4n) is 4.23. The number of nitrogens with zero attached hydrogens (tertiary/aromatic N) is 3. The van der Waals surface area contributed by atoms with Crippen LogP contribution in [0, 0.1) is 5.92 Å². The average molecular weight is 470 g/mol. The molecule has 34 heavy (non-hydrogen) atoms. The number of aliphatic hydroxyl groups is 1. The molecule has 0 radical (unpaired) electrons. The van der Waals surface area contributed by atoms with E-state index in [1.165, 1.54) is 0 Å². The number of para-hydroxylation sites is 1. The number of aromatic carboxylic acids is 1. The normalized spacial score (nSPS) is 19.1. The summed E-state index contributed by atoms with van der Waals surface area (Å²) in [6.07, 6.45) is -0.204. The second-order valence-electron chi connectivity index (χ2n) is 9.37. The van der Waals surface area contributed by atoms with Crippen LogP contribution in [0.1, 0.15) is 40.1 Å². The van der Waals surface area contributed by atoms with Crippen molar-refractivity contribution in [1.82, 2.24) is 9.80 Å². The Labute approximate surface area is 201 Å². The van der Waals surface area contributed by atoms with Gasteiger partial charge in [-0.05, 0) is 43.8 Å². The summed E-state index contributed by atoms with van der Waals surface area (Å²) in [6.45, 7) is 5.51. The van der Waals surface area contributed by atoms with Gasteiger partial charge in [-0.15, -0.1) is 0 Å². The summed E-state index contributed by atoms with van der Waals surface area (Å²) in [6, 6.07) is 12.1. The number of amides is 1. The summed E-state index contributed by atoms with van der Waals surface area (Å²) >= 11 is 0. The number of hydrogen-bond donors (Lipinski definition) is 2. The highest BCUT2D eigenvalue weighted by Crippen LogP contribution is 2.36. The molecule has 2 aromatic rings. The molecule has 1 aliphatic rings. The third kappa shape index (κ3) is 5.69. The largest absolute Gasteiger partial charge is 0.486 e. The van der Waals surface area contributed by atoms with E-state index in [0.29, 0.717) is 30.9 Å².